The molecule has 0 aliphatic heterocycles. The van der Waals surface area contributed by atoms with Crippen LogP contribution in [0, 0.1) is 11.3 Å². The Balaban J connectivity index is 2.39. The van der Waals surface area contributed by atoms with E-state index in [9.17, 15) is 0 Å². The summed E-state index contributed by atoms with van der Waals surface area (Å²) in [5.74, 6) is 0.721. The van der Waals surface area contributed by atoms with Crippen molar-refractivity contribution in [1.82, 2.24) is 5.32 Å². The number of hydrogen-bond donors (Lipinski definition) is 2. The molecule has 0 radical (unpaired) electrons. The fourth-order valence-corrected chi connectivity index (χ4v) is 1.15. The molecule has 0 saturated heterocycles. The molecule has 1 rings (SSSR count). The molecule has 0 fully saturated rings. The second-order valence-corrected chi connectivity index (χ2v) is 3.06. The van der Waals surface area contributed by atoms with Gasteiger partial charge in [-0.15, -0.1) is 0 Å². The third-order valence-corrected chi connectivity index (χ3v) is 1.88. The molecule has 0 aromatic heterocycles. The highest BCUT2D eigenvalue weighted by Crippen LogP contribution is 2.11. The fraction of sp³-hybridized carbons (Fsp3) is 0.364. The Morgan fingerprint density at radius 2 is 2.07 bits per heavy atom. The molecule has 4 heteroatoms. The van der Waals surface area contributed by atoms with Crippen LogP contribution in [-0.2, 0) is 6.54 Å². The summed E-state index contributed by atoms with van der Waals surface area (Å²) in [6.07, 6.45) is 0. The lowest BCUT2D eigenvalue weighted by Crippen LogP contribution is -2.21. The van der Waals surface area contributed by atoms with Gasteiger partial charge in [0.05, 0.1) is 0 Å². The van der Waals surface area contributed by atoms with Gasteiger partial charge in [-0.2, -0.15) is 5.26 Å². The van der Waals surface area contributed by atoms with Crippen LogP contribution in [0.5, 0.6) is 5.75 Å². The third kappa shape index (κ3) is 4.45. The van der Waals surface area contributed by atoms with Crippen molar-refractivity contribution in [3.8, 4) is 11.8 Å². The number of rotatable bonds is 6. The Bertz CT molecular complexity index is 316. The SMILES string of the molecule is N#CCOc1ccc(CNCCN)cc1. The summed E-state index contributed by atoms with van der Waals surface area (Å²) in [5.41, 5.74) is 6.53. The summed E-state index contributed by atoms with van der Waals surface area (Å²) in [5, 5.41) is 11.5. The monoisotopic (exact) mass is 205 g/mol. The highest BCUT2D eigenvalue weighted by atomic mass is 16.5. The molecule has 0 aliphatic carbocycles. The molecule has 15 heavy (non-hydrogen) atoms. The first-order chi connectivity index (χ1) is 7.36. The topological polar surface area (TPSA) is 71.1 Å². The van der Waals surface area contributed by atoms with Gasteiger partial charge in [-0.25, -0.2) is 0 Å². The first kappa shape index (κ1) is 11.5. The molecule has 0 spiro atoms. The molecule has 3 N–H and O–H groups in total. The van der Waals surface area contributed by atoms with Crippen LogP contribution in [-0.4, -0.2) is 19.7 Å². The summed E-state index contributed by atoms with van der Waals surface area (Å²) in [4.78, 5) is 0. The van der Waals surface area contributed by atoms with Crippen LogP contribution in [0.4, 0.5) is 0 Å². The van der Waals surface area contributed by atoms with E-state index in [4.69, 9.17) is 15.7 Å². The van der Waals surface area contributed by atoms with Crippen LogP contribution in [0.1, 0.15) is 5.56 Å². The molecule has 0 saturated carbocycles. The van der Waals surface area contributed by atoms with Crippen LogP contribution in [0.3, 0.4) is 0 Å². The maximum atomic E-state index is 8.33. The normalized spacial score (nSPS) is 9.60. The maximum absolute atomic E-state index is 8.33. The zero-order valence-electron chi connectivity index (χ0n) is 8.57. The van der Waals surface area contributed by atoms with Gasteiger partial charge in [0.2, 0.25) is 0 Å². The van der Waals surface area contributed by atoms with Gasteiger partial charge in [0.25, 0.3) is 0 Å². The fourth-order valence-electron chi connectivity index (χ4n) is 1.15. The Morgan fingerprint density at radius 3 is 2.67 bits per heavy atom. The molecular formula is C11H15N3O. The molecule has 4 nitrogen and oxygen atoms in total. The smallest absolute Gasteiger partial charge is 0.174 e. The second kappa shape index (κ2) is 6.82. The van der Waals surface area contributed by atoms with Gasteiger partial charge in [-0.1, -0.05) is 12.1 Å². The molecule has 0 unspecified atom stereocenters. The molecule has 1 aromatic rings. The minimum atomic E-state index is 0.0881. The average Bonchev–Trinajstić information content (AvgIpc) is 2.28. The highest BCUT2D eigenvalue weighted by molar-refractivity contribution is 5.27. The average molecular weight is 205 g/mol. The Kier molecular flexibility index (Phi) is 5.23. The Morgan fingerprint density at radius 1 is 1.33 bits per heavy atom. The molecular weight excluding hydrogens is 190 g/mol. The Labute approximate surface area is 89.7 Å². The van der Waals surface area contributed by atoms with Gasteiger partial charge in [-0.05, 0) is 17.7 Å². The Hall–Kier alpha value is -1.57. The van der Waals surface area contributed by atoms with Crippen molar-refractivity contribution >= 4 is 0 Å². The summed E-state index contributed by atoms with van der Waals surface area (Å²) in [6, 6.07) is 9.58. The minimum Gasteiger partial charge on any atom is -0.479 e. The van der Waals surface area contributed by atoms with Crippen LogP contribution < -0.4 is 15.8 Å². The first-order valence-corrected chi connectivity index (χ1v) is 4.86. The van der Waals surface area contributed by atoms with Gasteiger partial charge in [-0.3, -0.25) is 0 Å². The zero-order chi connectivity index (χ0) is 10.9. The van der Waals surface area contributed by atoms with E-state index in [-0.39, 0.29) is 6.61 Å². The summed E-state index contributed by atoms with van der Waals surface area (Å²) < 4.78 is 5.13. The van der Waals surface area contributed by atoms with Crippen molar-refractivity contribution in [3.05, 3.63) is 29.8 Å². The first-order valence-electron chi connectivity index (χ1n) is 4.86. The third-order valence-electron chi connectivity index (χ3n) is 1.88. The van der Waals surface area contributed by atoms with Crippen LogP contribution in [0.2, 0.25) is 0 Å². The van der Waals surface area contributed by atoms with Gasteiger partial charge >= 0.3 is 0 Å². The lowest BCUT2D eigenvalue weighted by atomic mass is 10.2. The second-order valence-electron chi connectivity index (χ2n) is 3.06. The van der Waals surface area contributed by atoms with Crippen LogP contribution in [0.25, 0.3) is 0 Å². The number of ether oxygens (including phenoxy) is 1. The number of nitrogens with two attached hydrogens (primary N) is 1. The molecule has 1 aromatic carbocycles. The molecule has 0 amide bonds. The van der Waals surface area contributed by atoms with Crippen LogP contribution in [0.15, 0.2) is 24.3 Å². The molecule has 0 atom stereocenters. The van der Waals surface area contributed by atoms with Crippen molar-refractivity contribution in [1.29, 1.82) is 5.26 Å². The van der Waals surface area contributed by atoms with Crippen molar-refractivity contribution in [2.45, 2.75) is 6.54 Å². The van der Waals surface area contributed by atoms with Crippen molar-refractivity contribution in [2.24, 2.45) is 5.73 Å². The molecule has 0 heterocycles. The minimum absolute atomic E-state index is 0.0881. The number of nitriles is 1. The number of benzene rings is 1. The quantitative estimate of drug-likeness (QED) is 0.668. The standard InChI is InChI=1S/C11H15N3O/c12-5-7-14-9-10-1-3-11(4-2-10)15-8-6-13/h1-4,14H,5,7-9,12H2. The van der Waals surface area contributed by atoms with E-state index < -0.39 is 0 Å². The maximum Gasteiger partial charge on any atom is 0.174 e. The molecule has 0 bridgehead atoms. The van der Waals surface area contributed by atoms with E-state index in [1.807, 2.05) is 30.3 Å². The summed E-state index contributed by atoms with van der Waals surface area (Å²) >= 11 is 0. The van der Waals surface area contributed by atoms with Gasteiger partial charge in [0.1, 0.15) is 11.8 Å². The van der Waals surface area contributed by atoms with E-state index in [1.165, 1.54) is 5.56 Å². The van der Waals surface area contributed by atoms with E-state index >= 15 is 0 Å². The van der Waals surface area contributed by atoms with E-state index in [0.29, 0.717) is 6.54 Å². The number of nitrogens with one attached hydrogen (secondary N) is 1. The summed E-state index contributed by atoms with van der Waals surface area (Å²) in [6.45, 7) is 2.34. The number of hydrogen-bond acceptors (Lipinski definition) is 4. The lowest BCUT2D eigenvalue weighted by Gasteiger charge is -2.05. The lowest BCUT2D eigenvalue weighted by molar-refractivity contribution is 0.368. The van der Waals surface area contributed by atoms with Crippen molar-refractivity contribution in [3.63, 3.8) is 0 Å². The van der Waals surface area contributed by atoms with Gasteiger partial charge < -0.3 is 15.8 Å². The van der Waals surface area contributed by atoms with Gasteiger partial charge in [0.15, 0.2) is 6.61 Å². The highest BCUT2D eigenvalue weighted by Gasteiger charge is 1.94. The number of nitrogens with zero attached hydrogens (tertiary/aromatic N) is 1. The van der Waals surface area contributed by atoms with Crippen molar-refractivity contribution < 1.29 is 4.74 Å². The van der Waals surface area contributed by atoms with E-state index in [2.05, 4.69) is 5.32 Å². The van der Waals surface area contributed by atoms with Crippen LogP contribution >= 0.6 is 0 Å². The van der Waals surface area contributed by atoms with E-state index in [1.54, 1.807) is 0 Å². The predicted molar refractivity (Wildman–Crippen MR) is 58.3 cm³/mol. The largest absolute Gasteiger partial charge is 0.479 e. The van der Waals surface area contributed by atoms with Gasteiger partial charge in [0, 0.05) is 19.6 Å². The molecule has 80 valence electrons. The van der Waals surface area contributed by atoms with E-state index in [0.717, 1.165) is 18.8 Å². The summed E-state index contributed by atoms with van der Waals surface area (Å²) in [7, 11) is 0. The zero-order valence-corrected chi connectivity index (χ0v) is 8.57. The molecule has 0 aliphatic rings. The predicted octanol–water partition coefficient (Wildman–Crippen LogP) is 0.637. The van der Waals surface area contributed by atoms with Crippen molar-refractivity contribution in [2.75, 3.05) is 19.7 Å².